The van der Waals surface area contributed by atoms with Crippen molar-refractivity contribution in [3.63, 3.8) is 0 Å². The minimum Gasteiger partial charge on any atom is -0.256 e. The zero-order valence-corrected chi connectivity index (χ0v) is 18.4. The van der Waals surface area contributed by atoms with Gasteiger partial charge in [0.1, 0.15) is 16.8 Å². The van der Waals surface area contributed by atoms with Gasteiger partial charge >= 0.3 is 0 Å². The Balaban J connectivity index is 2.09. The van der Waals surface area contributed by atoms with Crippen molar-refractivity contribution in [1.29, 1.82) is 0 Å². The summed E-state index contributed by atoms with van der Waals surface area (Å²) >= 11 is 0. The zero-order chi connectivity index (χ0) is 22.0. The van der Waals surface area contributed by atoms with Crippen LogP contribution in [0.2, 0.25) is 0 Å². The highest BCUT2D eigenvalue weighted by Crippen LogP contribution is 2.38. The average molecular weight is 432 g/mol. The fraction of sp³-hybridized carbons (Fsp3) is 0.160. The second kappa shape index (κ2) is 8.47. The molecule has 6 heteroatoms. The van der Waals surface area contributed by atoms with E-state index in [1.54, 1.807) is 18.5 Å². The van der Waals surface area contributed by atoms with E-state index in [2.05, 4.69) is 9.38 Å². The first-order valence-electron chi connectivity index (χ1n) is 9.91. The molecule has 31 heavy (non-hydrogen) atoms. The minimum atomic E-state index is -1.44. The van der Waals surface area contributed by atoms with Crippen LogP contribution in [0.5, 0.6) is 0 Å². The van der Waals surface area contributed by atoms with Gasteiger partial charge in [-0.15, -0.1) is 0 Å². The molecule has 2 aromatic carbocycles. The third-order valence-electron chi connectivity index (χ3n) is 4.75. The summed E-state index contributed by atoms with van der Waals surface area (Å²) in [5, 5.41) is 0.659. The first kappa shape index (κ1) is 21.0. The first-order chi connectivity index (χ1) is 14.8. The fourth-order valence-electron chi connectivity index (χ4n) is 3.28. The molecule has 0 unspecified atom stereocenters. The fourth-order valence-corrected chi connectivity index (χ4v) is 3.79. The molecule has 156 valence electrons. The summed E-state index contributed by atoms with van der Waals surface area (Å²) in [7, 11) is -1.44. The molecule has 0 amide bonds. The Hall–Kier alpha value is -3.25. The van der Waals surface area contributed by atoms with Crippen LogP contribution in [0.1, 0.15) is 26.5 Å². The topological polar surface area (TPSA) is 55.2 Å². The number of pyridine rings is 2. The summed E-state index contributed by atoms with van der Waals surface area (Å²) in [6.07, 6.45) is 3.26. The molecule has 0 N–H and O–H groups in total. The highest BCUT2D eigenvalue weighted by atomic mass is 32.2. The summed E-state index contributed by atoms with van der Waals surface area (Å²) in [4.78, 5) is 9.29. The molecule has 2 aromatic heterocycles. The zero-order valence-electron chi connectivity index (χ0n) is 17.5. The monoisotopic (exact) mass is 431 g/mol. The predicted octanol–water partition coefficient (Wildman–Crippen LogP) is 5.98. The maximum atomic E-state index is 14.2. The van der Waals surface area contributed by atoms with Crippen LogP contribution < -0.4 is 0 Å². The van der Waals surface area contributed by atoms with Crippen molar-refractivity contribution in [1.82, 2.24) is 9.97 Å². The number of aromatic nitrogens is 2. The third kappa shape index (κ3) is 4.44. The van der Waals surface area contributed by atoms with Crippen LogP contribution in [0.3, 0.4) is 0 Å². The molecule has 4 aromatic rings. The Labute approximate surface area is 183 Å². The number of benzene rings is 2. The van der Waals surface area contributed by atoms with Gasteiger partial charge in [0.2, 0.25) is 0 Å². The summed E-state index contributed by atoms with van der Waals surface area (Å²) in [6.45, 7) is 5.61. The van der Waals surface area contributed by atoms with Gasteiger partial charge in [-0.3, -0.25) is 4.98 Å². The lowest BCUT2D eigenvalue weighted by Crippen LogP contribution is -2.19. The number of rotatable bonds is 4. The first-order valence-corrected chi connectivity index (χ1v) is 11.0. The molecule has 0 bridgehead atoms. The van der Waals surface area contributed by atoms with E-state index in [1.165, 1.54) is 12.1 Å². The SMILES string of the molecule is CC(C)(C)[S@](=O)N=Cc1nc2ccc(F)cc2c(-c2ccccn2)c1-c1ccccc1. The van der Waals surface area contributed by atoms with Gasteiger partial charge in [0, 0.05) is 22.7 Å². The van der Waals surface area contributed by atoms with Crippen molar-refractivity contribution in [3.8, 4) is 22.4 Å². The Morgan fingerprint density at radius 1 is 0.968 bits per heavy atom. The number of halogens is 1. The summed E-state index contributed by atoms with van der Waals surface area (Å²) < 4.78 is 30.6. The van der Waals surface area contributed by atoms with Crippen molar-refractivity contribution in [3.05, 3.63) is 84.4 Å². The summed E-state index contributed by atoms with van der Waals surface area (Å²) in [5.41, 5.74) is 4.30. The largest absolute Gasteiger partial charge is 0.256 e. The molecule has 0 spiro atoms. The number of hydrogen-bond acceptors (Lipinski definition) is 3. The second-order valence-corrected chi connectivity index (χ2v) is 10.0. The van der Waals surface area contributed by atoms with E-state index in [0.717, 1.165) is 16.7 Å². The Morgan fingerprint density at radius 2 is 1.71 bits per heavy atom. The van der Waals surface area contributed by atoms with E-state index in [-0.39, 0.29) is 5.82 Å². The lowest BCUT2D eigenvalue weighted by Gasteiger charge is -2.16. The molecule has 0 aliphatic carbocycles. The Bertz CT molecular complexity index is 1280. The molecule has 2 heterocycles. The molecule has 0 aliphatic rings. The van der Waals surface area contributed by atoms with Crippen molar-refractivity contribution >= 4 is 28.1 Å². The summed E-state index contributed by atoms with van der Waals surface area (Å²) in [6, 6.07) is 19.9. The van der Waals surface area contributed by atoms with Crippen molar-refractivity contribution in [2.45, 2.75) is 25.5 Å². The number of hydrogen-bond donors (Lipinski definition) is 0. The quantitative estimate of drug-likeness (QED) is 0.373. The molecule has 4 nitrogen and oxygen atoms in total. The van der Waals surface area contributed by atoms with Gasteiger partial charge in [-0.2, -0.15) is 4.40 Å². The smallest absolute Gasteiger partial charge is 0.144 e. The molecule has 0 radical (unpaired) electrons. The lowest BCUT2D eigenvalue weighted by atomic mass is 9.92. The molecule has 0 fully saturated rings. The van der Waals surface area contributed by atoms with E-state index >= 15 is 0 Å². The van der Waals surface area contributed by atoms with E-state index in [9.17, 15) is 8.60 Å². The van der Waals surface area contributed by atoms with Gasteiger partial charge in [0.25, 0.3) is 0 Å². The van der Waals surface area contributed by atoms with Gasteiger partial charge in [-0.05, 0) is 56.7 Å². The molecule has 0 saturated heterocycles. The summed E-state index contributed by atoms with van der Waals surface area (Å²) in [5.74, 6) is -0.347. The minimum absolute atomic E-state index is 0.347. The normalized spacial score (nSPS) is 13.0. The van der Waals surface area contributed by atoms with Gasteiger partial charge < -0.3 is 0 Å². The molecule has 0 saturated carbocycles. The molecule has 0 aliphatic heterocycles. The van der Waals surface area contributed by atoms with Gasteiger partial charge in [-0.1, -0.05) is 36.4 Å². The van der Waals surface area contributed by atoms with Crippen LogP contribution >= 0.6 is 0 Å². The molecule has 1 atom stereocenters. The predicted molar refractivity (Wildman–Crippen MR) is 126 cm³/mol. The maximum Gasteiger partial charge on any atom is 0.144 e. The van der Waals surface area contributed by atoms with Crippen LogP contribution in [-0.4, -0.2) is 25.1 Å². The van der Waals surface area contributed by atoms with Gasteiger partial charge in [-0.25, -0.2) is 13.6 Å². The van der Waals surface area contributed by atoms with Crippen molar-refractivity contribution in [2.75, 3.05) is 0 Å². The Morgan fingerprint density at radius 3 is 2.39 bits per heavy atom. The van der Waals surface area contributed by atoms with Crippen molar-refractivity contribution < 1.29 is 8.60 Å². The molecular weight excluding hydrogens is 409 g/mol. The third-order valence-corrected chi connectivity index (χ3v) is 6.10. The van der Waals surface area contributed by atoms with Crippen LogP contribution in [0, 0.1) is 5.82 Å². The maximum absolute atomic E-state index is 14.2. The molecular formula is C25H22FN3OS. The van der Waals surface area contributed by atoms with Crippen LogP contribution in [0.15, 0.2) is 77.3 Å². The standard InChI is InChI=1S/C25H22FN3OS/c1-25(2,3)31(30)28-16-22-23(17-9-5-4-6-10-17)24(21-11-7-8-14-27-21)19-15-18(26)12-13-20(19)29-22/h4-16H,1-3H3/t31-/m0/s1. The number of fused-ring (bicyclic) bond motifs is 1. The van der Waals surface area contributed by atoms with Gasteiger partial charge in [0.05, 0.1) is 27.9 Å². The van der Waals surface area contributed by atoms with E-state index < -0.39 is 15.7 Å². The highest BCUT2D eigenvalue weighted by molar-refractivity contribution is 7.85. The van der Waals surface area contributed by atoms with Gasteiger partial charge in [0.15, 0.2) is 0 Å². The lowest BCUT2D eigenvalue weighted by molar-refractivity contribution is 0.629. The van der Waals surface area contributed by atoms with E-state index in [1.807, 2.05) is 69.3 Å². The van der Waals surface area contributed by atoms with Crippen LogP contribution in [0.25, 0.3) is 33.3 Å². The van der Waals surface area contributed by atoms with Crippen LogP contribution in [-0.2, 0) is 11.0 Å². The van der Waals surface area contributed by atoms with Crippen LogP contribution in [0.4, 0.5) is 4.39 Å². The van der Waals surface area contributed by atoms with E-state index in [4.69, 9.17) is 4.98 Å². The van der Waals surface area contributed by atoms with Crippen molar-refractivity contribution in [2.24, 2.45) is 4.40 Å². The second-order valence-electron chi connectivity index (χ2n) is 8.09. The highest BCUT2D eigenvalue weighted by Gasteiger charge is 2.21. The molecule has 4 rings (SSSR count). The van der Waals surface area contributed by atoms with E-state index in [0.29, 0.717) is 22.3 Å². The number of nitrogens with zero attached hydrogens (tertiary/aromatic N) is 3. The Kier molecular flexibility index (Phi) is 5.74. The average Bonchev–Trinajstić information content (AvgIpc) is 2.77.